The van der Waals surface area contributed by atoms with Crippen molar-refractivity contribution in [3.05, 3.63) is 52.2 Å². The number of benzene rings is 1. The van der Waals surface area contributed by atoms with Gasteiger partial charge in [0, 0.05) is 12.7 Å². The molecule has 0 atom stereocenters. The first-order valence-electron chi connectivity index (χ1n) is 10.6. The van der Waals surface area contributed by atoms with Gasteiger partial charge in [0.05, 0.1) is 29.5 Å². The summed E-state index contributed by atoms with van der Waals surface area (Å²) in [7, 11) is -5.58. The molecule has 1 aromatic carbocycles. The zero-order chi connectivity index (χ0) is 27.1. The summed E-state index contributed by atoms with van der Waals surface area (Å²) in [6.07, 6.45) is 2.33. The first-order chi connectivity index (χ1) is 17.3. The van der Waals surface area contributed by atoms with E-state index in [1.807, 2.05) is 0 Å². The van der Waals surface area contributed by atoms with Crippen LogP contribution in [0.25, 0.3) is 5.78 Å². The summed E-state index contributed by atoms with van der Waals surface area (Å²) in [6, 6.07) is 3.93. The molecule has 11 nitrogen and oxygen atoms in total. The number of hydrazone groups is 1. The van der Waals surface area contributed by atoms with Crippen LogP contribution >= 0.6 is 11.6 Å². The van der Waals surface area contributed by atoms with Gasteiger partial charge in [0.1, 0.15) is 23.7 Å². The molecule has 0 bridgehead atoms. The zero-order valence-electron chi connectivity index (χ0n) is 19.0. The number of carbonyl (C=O) groups excluding carboxylic acids is 1. The number of aromatic nitrogens is 3. The number of amides is 1. The Labute approximate surface area is 212 Å². The lowest BCUT2D eigenvalue weighted by atomic mass is 10.1. The number of nitrogens with zero attached hydrogens (tertiary/aromatic N) is 6. The van der Waals surface area contributed by atoms with Gasteiger partial charge < -0.3 is 11.1 Å². The van der Waals surface area contributed by atoms with Gasteiger partial charge in [-0.25, -0.2) is 13.7 Å². The van der Waals surface area contributed by atoms with Gasteiger partial charge in [0.2, 0.25) is 5.78 Å². The van der Waals surface area contributed by atoms with Gasteiger partial charge in [0.15, 0.2) is 0 Å². The predicted molar refractivity (Wildman–Crippen MR) is 127 cm³/mol. The Bertz CT molecular complexity index is 1510. The van der Waals surface area contributed by atoms with Crippen LogP contribution in [0, 0.1) is 5.82 Å². The molecule has 37 heavy (non-hydrogen) atoms. The van der Waals surface area contributed by atoms with E-state index in [0.717, 1.165) is 11.1 Å². The maximum atomic E-state index is 14.8. The van der Waals surface area contributed by atoms with Crippen LogP contribution in [-0.4, -0.2) is 57.9 Å². The molecule has 1 aliphatic heterocycles. The number of nitrogens with one attached hydrogen (secondary N) is 1. The van der Waals surface area contributed by atoms with Crippen LogP contribution < -0.4 is 16.1 Å². The van der Waals surface area contributed by atoms with Crippen molar-refractivity contribution in [3.8, 4) is 0 Å². The van der Waals surface area contributed by atoms with Gasteiger partial charge in [-0.15, -0.1) is 0 Å². The number of anilines is 2. The summed E-state index contributed by atoms with van der Waals surface area (Å²) in [5, 5.41) is 7.48. The second kappa shape index (κ2) is 9.66. The summed E-state index contributed by atoms with van der Waals surface area (Å²) in [5.74, 6) is -1.02. The number of rotatable bonds is 6. The highest BCUT2D eigenvalue weighted by atomic mass is 35.5. The fraction of sp³-hybridized carbons (Fsp3) is 0.300. The van der Waals surface area contributed by atoms with Crippen LogP contribution in [0.3, 0.4) is 0 Å². The number of alkyl halides is 3. The zero-order valence-corrected chi connectivity index (χ0v) is 20.6. The monoisotopic (exact) mass is 562 g/mol. The standard InChI is InChI=1S/C20H19ClF4N8O3S/c1-2-14-16(32-9-12(21)17(26)30-19(32)29-14)18(34)27-8-11-3-4-15(13(22)7-11)33-6-5-31(10-28-33)37(35,36)20(23,24)25/h3-4,7,9-10H,2,5-6,8H2,1H3,(H,27,34)(H2,26,29,30). The number of aryl methyl sites for hydroxylation is 1. The minimum Gasteiger partial charge on any atom is -0.382 e. The molecular weight excluding hydrogens is 544 g/mol. The molecule has 1 aliphatic rings. The average molecular weight is 563 g/mol. The van der Waals surface area contributed by atoms with Crippen molar-refractivity contribution in [2.24, 2.45) is 5.10 Å². The van der Waals surface area contributed by atoms with E-state index >= 15 is 0 Å². The second-order valence-electron chi connectivity index (χ2n) is 7.79. The number of nitrogens with two attached hydrogens (primary N) is 1. The lowest BCUT2D eigenvalue weighted by Crippen LogP contribution is -2.46. The van der Waals surface area contributed by atoms with Crippen LogP contribution in [0.5, 0.6) is 0 Å². The molecule has 0 spiro atoms. The summed E-state index contributed by atoms with van der Waals surface area (Å²) in [6.45, 7) is 0.849. The molecular formula is C20H19ClF4N8O3S. The van der Waals surface area contributed by atoms with Crippen LogP contribution in [0.1, 0.15) is 28.7 Å². The summed E-state index contributed by atoms with van der Waals surface area (Å²) in [5.41, 5.74) is 1.18. The van der Waals surface area contributed by atoms with E-state index in [-0.39, 0.29) is 45.4 Å². The Morgan fingerprint density at radius 2 is 1.97 bits per heavy atom. The van der Waals surface area contributed by atoms with Crippen LogP contribution in [0.2, 0.25) is 5.02 Å². The maximum Gasteiger partial charge on any atom is 0.516 e. The first-order valence-corrected chi connectivity index (χ1v) is 12.4. The Hall–Kier alpha value is -3.66. The summed E-state index contributed by atoms with van der Waals surface area (Å²) in [4.78, 5) is 21.3. The third-order valence-corrected chi connectivity index (χ3v) is 7.19. The maximum absolute atomic E-state index is 14.8. The number of fused-ring (bicyclic) bond motifs is 1. The van der Waals surface area contributed by atoms with Crippen molar-refractivity contribution in [1.29, 1.82) is 0 Å². The lowest BCUT2D eigenvalue weighted by Gasteiger charge is -2.29. The molecule has 3 N–H and O–H groups in total. The molecule has 2 aromatic heterocycles. The van der Waals surface area contributed by atoms with Crippen LogP contribution in [0.4, 0.5) is 29.1 Å². The molecule has 0 saturated carbocycles. The van der Waals surface area contributed by atoms with E-state index < -0.39 is 33.8 Å². The van der Waals surface area contributed by atoms with Crippen molar-refractivity contribution in [2.75, 3.05) is 23.8 Å². The van der Waals surface area contributed by atoms with E-state index in [1.54, 1.807) is 6.92 Å². The minimum atomic E-state index is -5.58. The van der Waals surface area contributed by atoms with Crippen LogP contribution in [0.15, 0.2) is 29.5 Å². The number of halogens is 5. The number of carbonyl (C=O) groups is 1. The Kier molecular flexibility index (Phi) is 6.89. The van der Waals surface area contributed by atoms with Crippen molar-refractivity contribution >= 4 is 51.2 Å². The SMILES string of the molecule is CCc1nc2nc(N)c(Cl)cn2c1C(=O)NCc1ccc(N2CCN(S(=O)(=O)C(F)(F)F)C=N2)c(F)c1. The Morgan fingerprint density at radius 3 is 2.57 bits per heavy atom. The van der Waals surface area contributed by atoms with Crippen molar-refractivity contribution < 1.29 is 30.8 Å². The van der Waals surface area contributed by atoms with Crippen molar-refractivity contribution in [2.45, 2.75) is 25.4 Å². The lowest BCUT2D eigenvalue weighted by molar-refractivity contribution is -0.0471. The van der Waals surface area contributed by atoms with E-state index in [4.69, 9.17) is 17.3 Å². The smallest absolute Gasteiger partial charge is 0.382 e. The number of sulfonamides is 1. The fourth-order valence-corrected chi connectivity index (χ4v) is 4.45. The number of nitrogen functional groups attached to an aromatic ring is 1. The van der Waals surface area contributed by atoms with Gasteiger partial charge in [-0.3, -0.25) is 14.2 Å². The first kappa shape index (κ1) is 26.4. The average Bonchev–Trinajstić information content (AvgIpc) is 3.19. The van der Waals surface area contributed by atoms with Gasteiger partial charge in [0.25, 0.3) is 5.91 Å². The van der Waals surface area contributed by atoms with Gasteiger partial charge in [-0.05, 0) is 24.1 Å². The molecule has 0 radical (unpaired) electrons. The highest BCUT2D eigenvalue weighted by Crippen LogP contribution is 2.28. The predicted octanol–water partition coefficient (Wildman–Crippen LogP) is 2.51. The highest BCUT2D eigenvalue weighted by molar-refractivity contribution is 7.90. The fourth-order valence-electron chi connectivity index (χ4n) is 3.56. The molecule has 0 saturated heterocycles. The molecule has 3 aromatic rings. The van der Waals surface area contributed by atoms with E-state index in [1.165, 1.54) is 22.7 Å². The molecule has 0 aliphatic carbocycles. The molecule has 3 heterocycles. The van der Waals surface area contributed by atoms with E-state index in [2.05, 4.69) is 20.4 Å². The third-order valence-electron chi connectivity index (χ3n) is 5.42. The largest absolute Gasteiger partial charge is 0.516 e. The van der Waals surface area contributed by atoms with Crippen molar-refractivity contribution in [3.63, 3.8) is 0 Å². The molecule has 17 heteroatoms. The summed E-state index contributed by atoms with van der Waals surface area (Å²) < 4.78 is 77.3. The van der Waals surface area contributed by atoms with E-state index in [0.29, 0.717) is 24.0 Å². The quantitative estimate of drug-likeness (QED) is 0.440. The van der Waals surface area contributed by atoms with E-state index in [9.17, 15) is 30.8 Å². The molecule has 0 unspecified atom stereocenters. The Morgan fingerprint density at radius 1 is 1.24 bits per heavy atom. The molecule has 1 amide bonds. The third kappa shape index (κ3) is 4.98. The Balaban J connectivity index is 1.48. The topological polar surface area (TPSA) is 138 Å². The normalized spacial score (nSPS) is 14.4. The minimum absolute atomic E-state index is 0.0487. The molecule has 198 valence electrons. The molecule has 0 fully saturated rings. The van der Waals surface area contributed by atoms with Gasteiger partial charge in [-0.2, -0.15) is 31.7 Å². The van der Waals surface area contributed by atoms with Crippen molar-refractivity contribution in [1.82, 2.24) is 24.0 Å². The number of imidazole rings is 1. The van der Waals surface area contributed by atoms with Crippen LogP contribution in [-0.2, 0) is 23.0 Å². The van der Waals surface area contributed by atoms with Gasteiger partial charge >= 0.3 is 15.5 Å². The number of hydrogen-bond acceptors (Lipinski definition) is 8. The second-order valence-corrected chi connectivity index (χ2v) is 10.1. The van der Waals surface area contributed by atoms with Gasteiger partial charge in [-0.1, -0.05) is 24.6 Å². The molecule has 4 rings (SSSR count). The highest BCUT2D eigenvalue weighted by Gasteiger charge is 2.50. The summed E-state index contributed by atoms with van der Waals surface area (Å²) >= 11 is 6.03. The number of hydrogen-bond donors (Lipinski definition) is 2.